The lowest BCUT2D eigenvalue weighted by Gasteiger charge is -2.45. The normalized spacial score (nSPS) is 17.7. The van der Waals surface area contributed by atoms with Gasteiger partial charge in [-0.2, -0.15) is 0 Å². The first-order chi connectivity index (χ1) is 25.5. The maximum Gasteiger partial charge on any atom is 0.221 e. The van der Waals surface area contributed by atoms with E-state index >= 15 is 8.78 Å². The summed E-state index contributed by atoms with van der Waals surface area (Å²) < 4.78 is 35.4. The molecule has 2 fully saturated rings. The summed E-state index contributed by atoms with van der Waals surface area (Å²) in [5, 5.41) is 6.66. The second-order valence-corrected chi connectivity index (χ2v) is 13.9. The molecule has 2 atom stereocenters. The largest absolute Gasteiger partial charge is 0.375 e. The number of fused-ring (bicyclic) bond motifs is 1. The number of benzene rings is 4. The van der Waals surface area contributed by atoms with Crippen molar-refractivity contribution in [3.63, 3.8) is 0 Å². The highest BCUT2D eigenvalue weighted by molar-refractivity contribution is 6.04. The molecule has 1 aliphatic carbocycles. The van der Waals surface area contributed by atoms with Crippen LogP contribution < -0.4 is 15.6 Å². The lowest BCUT2D eigenvalue weighted by molar-refractivity contribution is -0.133. The van der Waals surface area contributed by atoms with Crippen molar-refractivity contribution in [2.45, 2.75) is 64.3 Å². The third-order valence-electron chi connectivity index (χ3n) is 10.1. The number of hydrogen-bond acceptors (Lipinski definition) is 6. The Labute approximate surface area is 306 Å². The smallest absolute Gasteiger partial charge is 0.221 e. The van der Waals surface area contributed by atoms with E-state index in [4.69, 9.17) is 4.84 Å². The predicted octanol–water partition coefficient (Wildman–Crippen LogP) is 7.36. The topological polar surface area (TPSA) is 96.2 Å². The minimum atomic E-state index is -1.22. The van der Waals surface area contributed by atoms with Gasteiger partial charge in [0.15, 0.2) is 11.6 Å². The first-order valence-corrected chi connectivity index (χ1v) is 17.8. The minimum Gasteiger partial charge on any atom is -0.375 e. The van der Waals surface area contributed by atoms with Crippen molar-refractivity contribution in [1.29, 1.82) is 0 Å². The van der Waals surface area contributed by atoms with Crippen LogP contribution in [0, 0.1) is 11.6 Å². The number of pyridine rings is 1. The summed E-state index contributed by atoms with van der Waals surface area (Å²) in [6.07, 6.45) is 4.25. The maximum absolute atomic E-state index is 17.0. The third kappa shape index (κ3) is 6.45. The molecule has 1 aliphatic heterocycles. The molecule has 272 valence electrons. The van der Waals surface area contributed by atoms with Crippen molar-refractivity contribution in [1.82, 2.24) is 9.47 Å². The SMILES string of the molecule is CC(=O)Nc1c(F)c(N2C[C@@H](C)N(C(C)=O)[C@@H](C)C2)c(F)c2c1c(=O)c(/C=N\OC(c1ccccc1)(c1ccccc1)c1ccccc1)cn2C1CC1. The quantitative estimate of drug-likeness (QED) is 0.0977. The van der Waals surface area contributed by atoms with E-state index in [1.54, 1.807) is 14.4 Å². The zero-order valence-corrected chi connectivity index (χ0v) is 30.1. The first-order valence-electron chi connectivity index (χ1n) is 17.8. The van der Waals surface area contributed by atoms with Crippen LogP contribution >= 0.6 is 0 Å². The molecule has 2 amide bonds. The van der Waals surface area contributed by atoms with Gasteiger partial charge in [0.2, 0.25) is 22.8 Å². The number of piperazine rings is 1. The van der Waals surface area contributed by atoms with Crippen molar-refractivity contribution in [3.05, 3.63) is 141 Å². The number of halogens is 2. The van der Waals surface area contributed by atoms with Gasteiger partial charge in [0.25, 0.3) is 0 Å². The number of nitrogens with one attached hydrogen (secondary N) is 1. The highest BCUT2D eigenvalue weighted by Gasteiger charge is 2.40. The minimum absolute atomic E-state index is 0.0305. The molecule has 1 N–H and O–H groups in total. The Balaban J connectivity index is 1.39. The molecule has 0 spiro atoms. The van der Waals surface area contributed by atoms with Crippen molar-refractivity contribution >= 4 is 40.3 Å². The standard InChI is InChI=1S/C42H41F2N5O4/c1-26-23-47(24-27(2)49(26)29(4)51)40-36(43)38(46-28(3)50)35-39(37(40)44)48(34-20-21-34)25-30(41(35)52)22-45-53-42(31-14-8-5-9-15-31,32-16-10-6-11-17-32)33-18-12-7-13-19-33/h5-19,22,25-27,34H,20-21,23-24H2,1-4H3,(H,46,50)/b45-22-/t26-,27+. The van der Waals surface area contributed by atoms with Crippen LogP contribution in [0.5, 0.6) is 0 Å². The van der Waals surface area contributed by atoms with Gasteiger partial charge in [0.05, 0.1) is 28.4 Å². The molecule has 1 aromatic heterocycles. The fourth-order valence-electron chi connectivity index (χ4n) is 7.81. The molecule has 0 radical (unpaired) electrons. The second kappa shape index (κ2) is 14.3. The van der Waals surface area contributed by atoms with E-state index < -0.39 is 34.3 Å². The molecular weight excluding hydrogens is 676 g/mol. The van der Waals surface area contributed by atoms with Crippen LogP contribution in [0.25, 0.3) is 10.9 Å². The summed E-state index contributed by atoms with van der Waals surface area (Å²) in [4.78, 5) is 49.1. The Morgan fingerprint density at radius 1 is 0.830 bits per heavy atom. The van der Waals surface area contributed by atoms with Crippen LogP contribution in [0.15, 0.2) is 107 Å². The molecule has 2 heterocycles. The van der Waals surface area contributed by atoms with Crippen LogP contribution in [-0.4, -0.2) is 52.7 Å². The number of nitrogens with zero attached hydrogens (tertiary/aromatic N) is 4. The molecular formula is C42H41F2N5O4. The Bertz CT molecular complexity index is 2150. The summed E-state index contributed by atoms with van der Waals surface area (Å²) in [7, 11) is 0. The van der Waals surface area contributed by atoms with E-state index in [1.165, 1.54) is 26.3 Å². The van der Waals surface area contributed by atoms with Gasteiger partial charge < -0.3 is 24.5 Å². The van der Waals surface area contributed by atoms with Crippen molar-refractivity contribution in [3.8, 4) is 0 Å². The van der Waals surface area contributed by atoms with Crippen LogP contribution in [-0.2, 0) is 20.0 Å². The third-order valence-corrected chi connectivity index (χ3v) is 10.1. The molecule has 7 rings (SSSR count). The average Bonchev–Trinajstić information content (AvgIpc) is 3.99. The molecule has 53 heavy (non-hydrogen) atoms. The number of oxime groups is 1. The fraction of sp³-hybridized carbons (Fsp3) is 0.286. The molecule has 5 aromatic rings. The van der Waals surface area contributed by atoms with E-state index in [2.05, 4.69) is 10.5 Å². The molecule has 0 bridgehead atoms. The maximum atomic E-state index is 17.0. The molecule has 4 aromatic carbocycles. The molecule has 11 heteroatoms. The van der Waals surface area contributed by atoms with Gasteiger partial charge in [0.1, 0.15) is 5.69 Å². The van der Waals surface area contributed by atoms with Crippen LogP contribution in [0.3, 0.4) is 0 Å². The zero-order chi connectivity index (χ0) is 37.4. The lowest BCUT2D eigenvalue weighted by Crippen LogP contribution is -2.58. The Hall–Kier alpha value is -5.84. The molecule has 1 saturated carbocycles. The van der Waals surface area contributed by atoms with E-state index in [9.17, 15) is 14.4 Å². The number of carbonyl (C=O) groups excluding carboxylic acids is 2. The van der Waals surface area contributed by atoms with Crippen molar-refractivity contribution < 1.29 is 23.2 Å². The Morgan fingerprint density at radius 3 is 1.79 bits per heavy atom. The van der Waals surface area contributed by atoms with Gasteiger partial charge in [-0.05, 0) is 26.7 Å². The summed E-state index contributed by atoms with van der Waals surface area (Å²) in [5.41, 5.74) is -0.379. The number of amides is 2. The van der Waals surface area contributed by atoms with Gasteiger partial charge in [-0.3, -0.25) is 14.4 Å². The predicted molar refractivity (Wildman–Crippen MR) is 202 cm³/mol. The Morgan fingerprint density at radius 2 is 1.34 bits per heavy atom. The molecule has 2 aliphatic rings. The monoisotopic (exact) mass is 717 g/mol. The van der Waals surface area contributed by atoms with Crippen molar-refractivity contribution in [2.24, 2.45) is 5.16 Å². The summed E-state index contributed by atoms with van der Waals surface area (Å²) >= 11 is 0. The summed E-state index contributed by atoms with van der Waals surface area (Å²) in [6.45, 7) is 6.64. The Kier molecular flexibility index (Phi) is 9.59. The van der Waals surface area contributed by atoms with Gasteiger partial charge in [-0.1, -0.05) is 96.2 Å². The summed E-state index contributed by atoms with van der Waals surface area (Å²) in [6, 6.07) is 28.0. The number of aromatic nitrogens is 1. The average molecular weight is 718 g/mol. The second-order valence-electron chi connectivity index (χ2n) is 13.9. The van der Waals surface area contributed by atoms with Gasteiger partial charge >= 0.3 is 0 Å². The first kappa shape index (κ1) is 35.6. The molecule has 0 unspecified atom stereocenters. The van der Waals surface area contributed by atoms with E-state index in [0.29, 0.717) is 0 Å². The molecule has 1 saturated heterocycles. The highest BCUT2D eigenvalue weighted by atomic mass is 19.1. The van der Waals surface area contributed by atoms with Gasteiger partial charge in [0, 0.05) is 67.9 Å². The van der Waals surface area contributed by atoms with Gasteiger partial charge in [-0.15, -0.1) is 0 Å². The van der Waals surface area contributed by atoms with Crippen LogP contribution in [0.1, 0.15) is 68.8 Å². The van der Waals surface area contributed by atoms with Crippen molar-refractivity contribution in [2.75, 3.05) is 23.3 Å². The number of hydrogen-bond donors (Lipinski definition) is 1. The van der Waals surface area contributed by atoms with Crippen LogP contribution in [0.2, 0.25) is 0 Å². The fourth-order valence-corrected chi connectivity index (χ4v) is 7.81. The molecule has 9 nitrogen and oxygen atoms in total. The number of anilines is 2. The van der Waals surface area contributed by atoms with Gasteiger partial charge in [-0.25, -0.2) is 8.78 Å². The van der Waals surface area contributed by atoms with E-state index in [-0.39, 0.29) is 59.3 Å². The number of rotatable bonds is 9. The van der Waals surface area contributed by atoms with E-state index in [1.807, 2.05) is 105 Å². The van der Waals surface area contributed by atoms with E-state index in [0.717, 1.165) is 29.5 Å². The summed E-state index contributed by atoms with van der Waals surface area (Å²) in [5.74, 6) is -2.70. The zero-order valence-electron chi connectivity index (χ0n) is 30.1. The lowest BCUT2D eigenvalue weighted by atomic mass is 9.80. The number of carbonyl (C=O) groups is 2. The highest BCUT2D eigenvalue weighted by Crippen LogP contribution is 2.44. The van der Waals surface area contributed by atoms with Crippen LogP contribution in [0.4, 0.5) is 20.2 Å².